The Morgan fingerprint density at radius 2 is 2.00 bits per heavy atom. The van der Waals surface area contributed by atoms with Gasteiger partial charge in [0.25, 0.3) is 0 Å². The van der Waals surface area contributed by atoms with Gasteiger partial charge in [0.2, 0.25) is 0 Å². The van der Waals surface area contributed by atoms with E-state index in [0.29, 0.717) is 0 Å². The standard InChI is InChI=1S/C12H13FN2S/c1-8-11(7-14-2)16-12(15-8)9-3-5-10(13)6-4-9/h3-6,14H,7H2,1-2H3. The van der Waals surface area contributed by atoms with Gasteiger partial charge in [-0.2, -0.15) is 0 Å². The van der Waals surface area contributed by atoms with Crippen molar-refractivity contribution in [2.45, 2.75) is 13.5 Å². The lowest BCUT2D eigenvalue weighted by Gasteiger charge is -1.95. The number of hydrogen-bond donors (Lipinski definition) is 1. The first-order chi connectivity index (χ1) is 7.70. The van der Waals surface area contributed by atoms with E-state index in [1.54, 1.807) is 23.5 Å². The van der Waals surface area contributed by atoms with E-state index in [4.69, 9.17) is 0 Å². The Morgan fingerprint density at radius 3 is 2.62 bits per heavy atom. The fraction of sp³-hybridized carbons (Fsp3) is 0.250. The van der Waals surface area contributed by atoms with E-state index >= 15 is 0 Å². The van der Waals surface area contributed by atoms with Crippen LogP contribution in [0.5, 0.6) is 0 Å². The summed E-state index contributed by atoms with van der Waals surface area (Å²) in [6.07, 6.45) is 0. The molecule has 0 saturated carbocycles. The van der Waals surface area contributed by atoms with Crippen molar-refractivity contribution in [3.63, 3.8) is 0 Å². The summed E-state index contributed by atoms with van der Waals surface area (Å²) >= 11 is 1.65. The van der Waals surface area contributed by atoms with E-state index in [2.05, 4.69) is 10.3 Å². The summed E-state index contributed by atoms with van der Waals surface area (Å²) in [6, 6.07) is 6.45. The Kier molecular flexibility index (Phi) is 3.31. The van der Waals surface area contributed by atoms with Crippen LogP contribution in [0.15, 0.2) is 24.3 Å². The molecule has 0 radical (unpaired) electrons. The van der Waals surface area contributed by atoms with Crippen molar-refractivity contribution in [1.29, 1.82) is 0 Å². The van der Waals surface area contributed by atoms with Crippen LogP contribution in [0, 0.1) is 12.7 Å². The fourth-order valence-electron chi connectivity index (χ4n) is 1.47. The molecule has 0 unspecified atom stereocenters. The maximum atomic E-state index is 12.8. The minimum atomic E-state index is -0.215. The lowest BCUT2D eigenvalue weighted by Crippen LogP contribution is -2.04. The number of aryl methyl sites for hydroxylation is 1. The summed E-state index contributed by atoms with van der Waals surface area (Å²) in [4.78, 5) is 5.71. The van der Waals surface area contributed by atoms with Gasteiger partial charge in [-0.1, -0.05) is 0 Å². The Bertz CT molecular complexity index is 476. The number of nitrogens with zero attached hydrogens (tertiary/aromatic N) is 1. The summed E-state index contributed by atoms with van der Waals surface area (Å²) in [5, 5.41) is 4.06. The van der Waals surface area contributed by atoms with Gasteiger partial charge in [0, 0.05) is 17.0 Å². The van der Waals surface area contributed by atoms with Gasteiger partial charge < -0.3 is 5.32 Å². The molecule has 0 atom stereocenters. The van der Waals surface area contributed by atoms with Crippen LogP contribution in [-0.4, -0.2) is 12.0 Å². The number of rotatable bonds is 3. The number of hydrogen-bond acceptors (Lipinski definition) is 3. The zero-order chi connectivity index (χ0) is 11.5. The Morgan fingerprint density at radius 1 is 1.31 bits per heavy atom. The third-order valence-electron chi connectivity index (χ3n) is 2.32. The number of thiazole rings is 1. The van der Waals surface area contributed by atoms with Crippen molar-refractivity contribution in [1.82, 2.24) is 10.3 Å². The zero-order valence-electron chi connectivity index (χ0n) is 9.25. The third kappa shape index (κ3) is 2.28. The van der Waals surface area contributed by atoms with Crippen molar-refractivity contribution in [2.75, 3.05) is 7.05 Å². The Labute approximate surface area is 98.2 Å². The normalized spacial score (nSPS) is 10.7. The highest BCUT2D eigenvalue weighted by molar-refractivity contribution is 7.15. The van der Waals surface area contributed by atoms with Crippen LogP contribution < -0.4 is 5.32 Å². The summed E-state index contributed by atoms with van der Waals surface area (Å²) in [5.41, 5.74) is 2.01. The van der Waals surface area contributed by atoms with Gasteiger partial charge in [-0.3, -0.25) is 0 Å². The number of halogens is 1. The van der Waals surface area contributed by atoms with Gasteiger partial charge >= 0.3 is 0 Å². The third-order valence-corrected chi connectivity index (χ3v) is 3.53. The maximum absolute atomic E-state index is 12.8. The quantitative estimate of drug-likeness (QED) is 0.886. The van der Waals surface area contributed by atoms with E-state index in [1.807, 2.05) is 14.0 Å². The minimum absolute atomic E-state index is 0.215. The van der Waals surface area contributed by atoms with E-state index < -0.39 is 0 Å². The average Bonchev–Trinajstić information content (AvgIpc) is 2.62. The largest absolute Gasteiger partial charge is 0.315 e. The highest BCUT2D eigenvalue weighted by Crippen LogP contribution is 2.27. The summed E-state index contributed by atoms with van der Waals surface area (Å²) < 4.78 is 12.8. The predicted molar refractivity (Wildman–Crippen MR) is 65.0 cm³/mol. The predicted octanol–water partition coefficient (Wildman–Crippen LogP) is 2.98. The van der Waals surface area contributed by atoms with Gasteiger partial charge in [0.1, 0.15) is 10.8 Å². The molecule has 2 nitrogen and oxygen atoms in total. The molecular formula is C12H13FN2S. The minimum Gasteiger partial charge on any atom is -0.315 e. The second-order valence-electron chi connectivity index (χ2n) is 3.56. The van der Waals surface area contributed by atoms with Crippen LogP contribution in [0.2, 0.25) is 0 Å². The van der Waals surface area contributed by atoms with Crippen molar-refractivity contribution in [3.05, 3.63) is 40.7 Å². The lowest BCUT2D eigenvalue weighted by atomic mass is 10.2. The van der Waals surface area contributed by atoms with Gasteiger partial charge in [-0.05, 0) is 38.2 Å². The molecule has 2 rings (SSSR count). The molecule has 84 valence electrons. The van der Waals surface area contributed by atoms with E-state index in [-0.39, 0.29) is 5.82 Å². The first-order valence-corrected chi connectivity index (χ1v) is 5.89. The summed E-state index contributed by atoms with van der Waals surface area (Å²) in [7, 11) is 1.91. The fourth-order valence-corrected chi connectivity index (χ4v) is 2.55. The van der Waals surface area contributed by atoms with Crippen LogP contribution in [0.25, 0.3) is 10.6 Å². The van der Waals surface area contributed by atoms with Crippen LogP contribution in [0.4, 0.5) is 4.39 Å². The van der Waals surface area contributed by atoms with Crippen LogP contribution in [0.3, 0.4) is 0 Å². The molecule has 1 aromatic carbocycles. The molecule has 0 aliphatic carbocycles. The monoisotopic (exact) mass is 236 g/mol. The van der Waals surface area contributed by atoms with Crippen molar-refractivity contribution >= 4 is 11.3 Å². The highest BCUT2D eigenvalue weighted by atomic mass is 32.1. The van der Waals surface area contributed by atoms with Gasteiger partial charge in [0.15, 0.2) is 0 Å². The number of aromatic nitrogens is 1. The maximum Gasteiger partial charge on any atom is 0.123 e. The second-order valence-corrected chi connectivity index (χ2v) is 4.65. The zero-order valence-corrected chi connectivity index (χ0v) is 10.1. The Hall–Kier alpha value is -1.26. The summed E-state index contributed by atoms with van der Waals surface area (Å²) in [5.74, 6) is -0.215. The van der Waals surface area contributed by atoms with E-state index in [9.17, 15) is 4.39 Å². The van der Waals surface area contributed by atoms with Gasteiger partial charge in [0.05, 0.1) is 5.69 Å². The van der Waals surface area contributed by atoms with Crippen molar-refractivity contribution in [3.8, 4) is 10.6 Å². The number of benzene rings is 1. The van der Waals surface area contributed by atoms with Crippen LogP contribution >= 0.6 is 11.3 Å². The van der Waals surface area contributed by atoms with Crippen molar-refractivity contribution < 1.29 is 4.39 Å². The molecular weight excluding hydrogens is 223 g/mol. The average molecular weight is 236 g/mol. The van der Waals surface area contributed by atoms with E-state index in [1.165, 1.54) is 17.0 Å². The van der Waals surface area contributed by atoms with Crippen LogP contribution in [0.1, 0.15) is 10.6 Å². The molecule has 1 N–H and O–H groups in total. The molecule has 0 spiro atoms. The molecule has 0 aliphatic rings. The number of nitrogens with one attached hydrogen (secondary N) is 1. The molecule has 0 saturated heterocycles. The molecule has 0 amide bonds. The molecule has 0 fully saturated rings. The smallest absolute Gasteiger partial charge is 0.123 e. The van der Waals surface area contributed by atoms with Gasteiger partial charge in [-0.15, -0.1) is 11.3 Å². The molecule has 4 heteroatoms. The van der Waals surface area contributed by atoms with Crippen molar-refractivity contribution in [2.24, 2.45) is 0 Å². The Balaban J connectivity index is 2.33. The SMILES string of the molecule is CNCc1sc(-c2ccc(F)cc2)nc1C. The van der Waals surface area contributed by atoms with E-state index in [0.717, 1.165) is 22.8 Å². The lowest BCUT2D eigenvalue weighted by molar-refractivity contribution is 0.628. The second kappa shape index (κ2) is 4.72. The molecule has 0 bridgehead atoms. The molecule has 1 heterocycles. The van der Waals surface area contributed by atoms with Crippen LogP contribution in [-0.2, 0) is 6.54 Å². The summed E-state index contributed by atoms with van der Waals surface area (Å²) in [6.45, 7) is 2.82. The highest BCUT2D eigenvalue weighted by Gasteiger charge is 2.08. The first kappa shape index (κ1) is 11.2. The topological polar surface area (TPSA) is 24.9 Å². The first-order valence-electron chi connectivity index (χ1n) is 5.07. The molecule has 1 aromatic heterocycles. The van der Waals surface area contributed by atoms with Gasteiger partial charge in [-0.25, -0.2) is 9.37 Å². The molecule has 16 heavy (non-hydrogen) atoms. The molecule has 0 aliphatic heterocycles. The molecule has 2 aromatic rings.